The molecule has 5 aliphatic rings. The SMILES string of the molecule is Cc1ccc(C(=O)CCC(=O)N2CCN(C(=O)C34CC5CC(CC(C5)C3)C4)CC2)cc1. The van der Waals surface area contributed by atoms with Crippen molar-refractivity contribution in [1.29, 1.82) is 0 Å². The van der Waals surface area contributed by atoms with Crippen LogP contribution in [0.3, 0.4) is 0 Å². The minimum Gasteiger partial charge on any atom is -0.339 e. The van der Waals surface area contributed by atoms with Crippen molar-refractivity contribution < 1.29 is 14.4 Å². The highest BCUT2D eigenvalue weighted by atomic mass is 16.2. The van der Waals surface area contributed by atoms with Crippen molar-refractivity contribution in [1.82, 2.24) is 9.80 Å². The van der Waals surface area contributed by atoms with Crippen molar-refractivity contribution in [2.24, 2.45) is 23.2 Å². The van der Waals surface area contributed by atoms with Gasteiger partial charge in [-0.3, -0.25) is 14.4 Å². The van der Waals surface area contributed by atoms with Crippen LogP contribution in [0.15, 0.2) is 24.3 Å². The minimum absolute atomic E-state index is 0.0176. The number of hydrogen-bond donors (Lipinski definition) is 0. The predicted molar refractivity (Wildman–Crippen MR) is 119 cm³/mol. The summed E-state index contributed by atoms with van der Waals surface area (Å²) in [5, 5.41) is 0. The molecule has 1 aromatic carbocycles. The van der Waals surface area contributed by atoms with Crippen LogP contribution in [0.5, 0.6) is 0 Å². The van der Waals surface area contributed by atoms with Gasteiger partial charge in [0.2, 0.25) is 11.8 Å². The van der Waals surface area contributed by atoms with E-state index < -0.39 is 0 Å². The summed E-state index contributed by atoms with van der Waals surface area (Å²) in [5.74, 6) is 2.72. The third-order valence-corrected chi connectivity index (χ3v) is 8.35. The molecule has 0 N–H and O–H groups in total. The standard InChI is InChI=1S/C26H34N2O3/c1-18-2-4-22(5-3-18)23(29)6-7-24(30)27-8-10-28(11-9-27)25(31)26-15-19-12-20(16-26)14-21(13-19)17-26/h2-5,19-21H,6-17H2,1H3. The van der Waals surface area contributed by atoms with E-state index in [0.717, 1.165) is 42.6 Å². The first-order chi connectivity index (χ1) is 14.9. The van der Waals surface area contributed by atoms with Crippen LogP contribution in [0.25, 0.3) is 0 Å². The zero-order chi connectivity index (χ0) is 21.6. The number of Topliss-reactive ketones (excluding diaryl/α,β-unsaturated/α-hetero) is 1. The summed E-state index contributed by atoms with van der Waals surface area (Å²) in [4.78, 5) is 42.4. The molecule has 0 atom stereocenters. The number of ketones is 1. The first-order valence-electron chi connectivity index (χ1n) is 12.1. The van der Waals surface area contributed by atoms with Gasteiger partial charge in [0.25, 0.3) is 0 Å². The van der Waals surface area contributed by atoms with E-state index in [1.807, 2.05) is 41.0 Å². The van der Waals surface area contributed by atoms with Gasteiger partial charge < -0.3 is 9.80 Å². The molecule has 1 aliphatic heterocycles. The second-order valence-electron chi connectivity index (χ2n) is 10.7. The van der Waals surface area contributed by atoms with E-state index in [1.165, 1.54) is 19.3 Å². The molecular weight excluding hydrogens is 388 g/mol. The number of nitrogens with zero attached hydrogens (tertiary/aromatic N) is 2. The van der Waals surface area contributed by atoms with Gasteiger partial charge in [-0.1, -0.05) is 29.8 Å². The lowest BCUT2D eigenvalue weighted by Crippen LogP contribution is -2.58. The molecule has 1 saturated heterocycles. The number of amides is 2. The van der Waals surface area contributed by atoms with Crippen molar-refractivity contribution in [3.8, 4) is 0 Å². The Bertz CT molecular complexity index is 832. The molecule has 4 saturated carbocycles. The third-order valence-electron chi connectivity index (χ3n) is 8.35. The molecule has 1 heterocycles. The molecular formula is C26H34N2O3. The Morgan fingerprint density at radius 3 is 1.87 bits per heavy atom. The van der Waals surface area contributed by atoms with Crippen LogP contribution in [-0.2, 0) is 9.59 Å². The van der Waals surface area contributed by atoms with Gasteiger partial charge in [0.05, 0.1) is 5.41 Å². The van der Waals surface area contributed by atoms with E-state index in [1.54, 1.807) is 0 Å². The lowest BCUT2D eigenvalue weighted by Gasteiger charge is -2.57. The van der Waals surface area contributed by atoms with E-state index in [9.17, 15) is 14.4 Å². The fourth-order valence-corrected chi connectivity index (χ4v) is 7.13. The summed E-state index contributed by atoms with van der Waals surface area (Å²) in [5.41, 5.74) is 1.69. The number of hydrogen-bond acceptors (Lipinski definition) is 3. The van der Waals surface area contributed by atoms with Gasteiger partial charge in [-0.2, -0.15) is 0 Å². The second kappa shape index (κ2) is 8.07. The molecule has 0 radical (unpaired) electrons. The van der Waals surface area contributed by atoms with Gasteiger partial charge in [0.1, 0.15) is 0 Å². The molecule has 4 bridgehead atoms. The Morgan fingerprint density at radius 1 is 0.806 bits per heavy atom. The van der Waals surface area contributed by atoms with E-state index in [-0.39, 0.29) is 29.9 Å². The molecule has 31 heavy (non-hydrogen) atoms. The van der Waals surface area contributed by atoms with Crippen molar-refractivity contribution in [2.45, 2.75) is 58.3 Å². The average molecular weight is 423 g/mol. The molecule has 5 fully saturated rings. The normalized spacial score (nSPS) is 31.7. The Kier molecular flexibility index (Phi) is 5.39. The first-order valence-corrected chi connectivity index (χ1v) is 12.1. The monoisotopic (exact) mass is 422 g/mol. The van der Waals surface area contributed by atoms with Crippen LogP contribution >= 0.6 is 0 Å². The highest BCUT2D eigenvalue weighted by Crippen LogP contribution is 2.60. The number of rotatable bonds is 5. The largest absolute Gasteiger partial charge is 0.339 e. The summed E-state index contributed by atoms with van der Waals surface area (Å²) in [6.07, 6.45) is 7.81. The van der Waals surface area contributed by atoms with Gasteiger partial charge in [-0.15, -0.1) is 0 Å². The minimum atomic E-state index is -0.0958. The molecule has 0 aromatic heterocycles. The van der Waals surface area contributed by atoms with Gasteiger partial charge in [-0.25, -0.2) is 0 Å². The van der Waals surface area contributed by atoms with E-state index >= 15 is 0 Å². The Labute approximate surface area is 185 Å². The molecule has 6 rings (SSSR count). The molecule has 0 unspecified atom stereocenters. The molecule has 1 aromatic rings. The van der Waals surface area contributed by atoms with Gasteiger partial charge in [0, 0.05) is 44.6 Å². The van der Waals surface area contributed by atoms with Crippen LogP contribution in [0.2, 0.25) is 0 Å². The number of piperazine rings is 1. The van der Waals surface area contributed by atoms with E-state index in [4.69, 9.17) is 0 Å². The zero-order valence-corrected chi connectivity index (χ0v) is 18.6. The number of benzene rings is 1. The Balaban J connectivity index is 1.12. The van der Waals surface area contributed by atoms with Crippen molar-refractivity contribution in [3.05, 3.63) is 35.4 Å². The van der Waals surface area contributed by atoms with Crippen LogP contribution in [0.1, 0.15) is 67.3 Å². The lowest BCUT2D eigenvalue weighted by atomic mass is 9.49. The summed E-state index contributed by atoms with van der Waals surface area (Å²) < 4.78 is 0. The summed E-state index contributed by atoms with van der Waals surface area (Å²) in [7, 11) is 0. The lowest BCUT2D eigenvalue weighted by molar-refractivity contribution is -0.160. The van der Waals surface area contributed by atoms with Gasteiger partial charge in [-0.05, 0) is 63.2 Å². The molecule has 5 heteroatoms. The quantitative estimate of drug-likeness (QED) is 0.678. The second-order valence-corrected chi connectivity index (χ2v) is 10.7. The number of aryl methyl sites for hydroxylation is 1. The molecule has 5 nitrogen and oxygen atoms in total. The van der Waals surface area contributed by atoms with Crippen LogP contribution in [-0.4, -0.2) is 53.6 Å². The molecule has 2 amide bonds. The first kappa shape index (κ1) is 20.7. The summed E-state index contributed by atoms with van der Waals surface area (Å²) in [6, 6.07) is 7.51. The summed E-state index contributed by atoms with van der Waals surface area (Å²) >= 11 is 0. The van der Waals surface area contributed by atoms with Gasteiger partial charge in [0.15, 0.2) is 5.78 Å². The van der Waals surface area contributed by atoms with Crippen molar-refractivity contribution in [3.63, 3.8) is 0 Å². The van der Waals surface area contributed by atoms with Crippen LogP contribution < -0.4 is 0 Å². The van der Waals surface area contributed by atoms with Crippen molar-refractivity contribution >= 4 is 17.6 Å². The maximum absolute atomic E-state index is 13.5. The van der Waals surface area contributed by atoms with Crippen molar-refractivity contribution in [2.75, 3.05) is 26.2 Å². The fourth-order valence-electron chi connectivity index (χ4n) is 7.13. The van der Waals surface area contributed by atoms with Crippen LogP contribution in [0.4, 0.5) is 0 Å². The van der Waals surface area contributed by atoms with E-state index in [0.29, 0.717) is 37.6 Å². The molecule has 4 aliphatic carbocycles. The Morgan fingerprint density at radius 2 is 1.32 bits per heavy atom. The zero-order valence-electron chi connectivity index (χ0n) is 18.6. The predicted octanol–water partition coefficient (Wildman–Crippen LogP) is 3.85. The Hall–Kier alpha value is -2.17. The summed E-state index contributed by atoms with van der Waals surface area (Å²) in [6.45, 7) is 4.45. The highest BCUT2D eigenvalue weighted by Gasteiger charge is 2.55. The fraction of sp³-hybridized carbons (Fsp3) is 0.654. The van der Waals surface area contributed by atoms with Gasteiger partial charge >= 0.3 is 0 Å². The molecule has 166 valence electrons. The average Bonchev–Trinajstić information content (AvgIpc) is 2.76. The third kappa shape index (κ3) is 4.04. The maximum Gasteiger partial charge on any atom is 0.228 e. The van der Waals surface area contributed by atoms with E-state index in [2.05, 4.69) is 0 Å². The number of carbonyl (C=O) groups is 3. The smallest absolute Gasteiger partial charge is 0.228 e. The molecule has 0 spiro atoms. The number of carbonyl (C=O) groups excluding carboxylic acids is 3. The highest BCUT2D eigenvalue weighted by molar-refractivity contribution is 5.98. The maximum atomic E-state index is 13.5. The van der Waals surface area contributed by atoms with Crippen LogP contribution in [0, 0.1) is 30.1 Å². The topological polar surface area (TPSA) is 57.7 Å².